The molecular weight excluding hydrogens is 380 g/mol. The third kappa shape index (κ3) is 4.68. The summed E-state index contributed by atoms with van der Waals surface area (Å²) in [5, 5.41) is 23.4. The molecule has 0 aliphatic heterocycles. The Morgan fingerprint density at radius 2 is 2.00 bits per heavy atom. The second-order valence-electron chi connectivity index (χ2n) is 4.30. The van der Waals surface area contributed by atoms with E-state index in [2.05, 4.69) is 10.3 Å². The molecular formula is C12H7ClN4O7S. The average molecular weight is 387 g/mol. The normalized spacial score (nSPS) is 10.1. The van der Waals surface area contributed by atoms with Gasteiger partial charge in [-0.3, -0.25) is 30.3 Å². The minimum atomic E-state index is -1.12. The maximum absolute atomic E-state index is 11.9. The summed E-state index contributed by atoms with van der Waals surface area (Å²) in [6.45, 7) is -0.768. The summed E-state index contributed by atoms with van der Waals surface area (Å²) in [4.78, 5) is 47.1. The fourth-order valence-corrected chi connectivity index (χ4v) is 2.42. The van der Waals surface area contributed by atoms with E-state index < -0.39 is 39.6 Å². The number of thiazole rings is 1. The van der Waals surface area contributed by atoms with Gasteiger partial charge in [-0.2, -0.15) is 0 Å². The number of nitro benzene ring substituents is 1. The largest absolute Gasteiger partial charge is 0.452 e. The third-order valence-corrected chi connectivity index (χ3v) is 3.73. The zero-order valence-electron chi connectivity index (χ0n) is 12.0. The van der Waals surface area contributed by atoms with E-state index in [0.717, 1.165) is 18.3 Å². The van der Waals surface area contributed by atoms with Crippen LogP contribution in [0.3, 0.4) is 0 Å². The Hall–Kier alpha value is -3.12. The van der Waals surface area contributed by atoms with Crippen LogP contribution in [-0.4, -0.2) is 33.3 Å². The number of anilines is 1. The molecule has 1 aromatic heterocycles. The second kappa shape index (κ2) is 7.63. The van der Waals surface area contributed by atoms with Crippen molar-refractivity contribution in [1.29, 1.82) is 0 Å². The number of aromatic nitrogens is 1. The summed E-state index contributed by atoms with van der Waals surface area (Å²) in [7, 11) is 0. The van der Waals surface area contributed by atoms with Crippen LogP contribution in [0.1, 0.15) is 10.4 Å². The first-order valence-corrected chi connectivity index (χ1v) is 7.48. The van der Waals surface area contributed by atoms with E-state index >= 15 is 0 Å². The predicted molar refractivity (Wildman–Crippen MR) is 85.8 cm³/mol. The highest BCUT2D eigenvalue weighted by atomic mass is 35.5. The average Bonchev–Trinajstić information content (AvgIpc) is 3.01. The number of nitrogens with zero attached hydrogens (tertiary/aromatic N) is 3. The topological polar surface area (TPSA) is 155 Å². The number of rotatable bonds is 6. The summed E-state index contributed by atoms with van der Waals surface area (Å²) in [5.74, 6) is -1.93. The van der Waals surface area contributed by atoms with Crippen LogP contribution in [-0.2, 0) is 9.53 Å². The monoisotopic (exact) mass is 386 g/mol. The van der Waals surface area contributed by atoms with Crippen LogP contribution in [0.4, 0.5) is 15.8 Å². The number of amides is 1. The number of halogens is 1. The SMILES string of the molecule is O=C(COC(=O)c1cc(Cl)ccc1[N+](=O)[O-])Nc1ncc([N+](=O)[O-])s1. The van der Waals surface area contributed by atoms with E-state index in [1.807, 2.05) is 0 Å². The molecule has 0 aliphatic carbocycles. The molecule has 0 unspecified atom stereocenters. The van der Waals surface area contributed by atoms with Crippen molar-refractivity contribution in [3.8, 4) is 0 Å². The van der Waals surface area contributed by atoms with Gasteiger partial charge in [0.25, 0.3) is 11.6 Å². The van der Waals surface area contributed by atoms with Gasteiger partial charge in [0, 0.05) is 11.1 Å². The van der Waals surface area contributed by atoms with Crippen LogP contribution < -0.4 is 5.32 Å². The lowest BCUT2D eigenvalue weighted by Gasteiger charge is -2.05. The van der Waals surface area contributed by atoms with Crippen molar-refractivity contribution in [2.75, 3.05) is 11.9 Å². The highest BCUT2D eigenvalue weighted by Gasteiger charge is 2.23. The summed E-state index contributed by atoms with van der Waals surface area (Å²) < 4.78 is 4.69. The van der Waals surface area contributed by atoms with E-state index in [9.17, 15) is 29.8 Å². The first-order chi connectivity index (χ1) is 11.8. The molecule has 130 valence electrons. The Bertz CT molecular complexity index is 869. The molecule has 0 fully saturated rings. The van der Waals surface area contributed by atoms with E-state index in [0.29, 0.717) is 11.3 Å². The summed E-state index contributed by atoms with van der Waals surface area (Å²) in [5.41, 5.74) is -0.930. The van der Waals surface area contributed by atoms with E-state index in [1.165, 1.54) is 6.07 Å². The molecule has 0 bridgehead atoms. The number of hydrogen-bond donors (Lipinski definition) is 1. The van der Waals surface area contributed by atoms with Crippen molar-refractivity contribution in [3.63, 3.8) is 0 Å². The molecule has 11 nitrogen and oxygen atoms in total. The van der Waals surface area contributed by atoms with Gasteiger partial charge < -0.3 is 4.74 Å². The quantitative estimate of drug-likeness (QED) is 0.450. The molecule has 13 heteroatoms. The van der Waals surface area contributed by atoms with E-state index in [1.54, 1.807) is 0 Å². The number of ether oxygens (including phenoxy) is 1. The fraction of sp³-hybridized carbons (Fsp3) is 0.0833. The Balaban J connectivity index is 1.99. The molecule has 0 saturated heterocycles. The maximum Gasteiger partial charge on any atom is 0.345 e. The molecule has 2 rings (SSSR count). The van der Waals surface area contributed by atoms with Gasteiger partial charge in [-0.15, -0.1) is 0 Å². The summed E-state index contributed by atoms with van der Waals surface area (Å²) in [6.07, 6.45) is 0.960. The fourth-order valence-electron chi connectivity index (χ4n) is 1.60. The highest BCUT2D eigenvalue weighted by Crippen LogP contribution is 2.25. The van der Waals surface area contributed by atoms with Crippen LogP contribution in [0.25, 0.3) is 0 Å². The number of nitrogens with one attached hydrogen (secondary N) is 1. The van der Waals surface area contributed by atoms with Crippen LogP contribution in [0.5, 0.6) is 0 Å². The first-order valence-electron chi connectivity index (χ1n) is 6.29. The molecule has 0 atom stereocenters. The lowest BCUT2D eigenvalue weighted by molar-refractivity contribution is -0.385. The van der Waals surface area contributed by atoms with Crippen LogP contribution in [0.2, 0.25) is 5.02 Å². The summed E-state index contributed by atoms with van der Waals surface area (Å²) in [6, 6.07) is 3.32. The zero-order chi connectivity index (χ0) is 18.6. The van der Waals surface area contributed by atoms with Gasteiger partial charge in [0.15, 0.2) is 11.7 Å². The smallest absolute Gasteiger partial charge is 0.345 e. The number of nitro groups is 2. The standard InChI is InChI=1S/C12H7ClN4O7S/c13-6-1-2-8(16(20)21)7(3-6)11(19)24-5-9(18)15-12-14-4-10(25-12)17(22)23/h1-4H,5H2,(H,14,15,18). The lowest BCUT2D eigenvalue weighted by atomic mass is 10.2. The second-order valence-corrected chi connectivity index (χ2v) is 5.75. The maximum atomic E-state index is 11.9. The molecule has 0 aliphatic rings. The molecule has 0 spiro atoms. The van der Waals surface area contributed by atoms with Gasteiger partial charge in [-0.05, 0) is 23.5 Å². The van der Waals surface area contributed by atoms with E-state index in [-0.39, 0.29) is 15.2 Å². The van der Waals surface area contributed by atoms with Gasteiger partial charge in [0.2, 0.25) is 0 Å². The Morgan fingerprint density at radius 3 is 2.60 bits per heavy atom. The van der Waals surface area contributed by atoms with Crippen LogP contribution >= 0.6 is 22.9 Å². The molecule has 0 radical (unpaired) electrons. The number of carbonyl (C=O) groups is 2. The van der Waals surface area contributed by atoms with Gasteiger partial charge in [-0.1, -0.05) is 11.6 Å². The molecule has 1 heterocycles. The molecule has 1 amide bonds. The molecule has 1 aromatic carbocycles. The number of esters is 1. The molecule has 1 N–H and O–H groups in total. The van der Waals surface area contributed by atoms with Crippen molar-refractivity contribution in [2.45, 2.75) is 0 Å². The van der Waals surface area contributed by atoms with Gasteiger partial charge in [0.1, 0.15) is 11.8 Å². The Labute approximate surface area is 147 Å². The highest BCUT2D eigenvalue weighted by molar-refractivity contribution is 7.18. The Kier molecular flexibility index (Phi) is 5.56. The van der Waals surface area contributed by atoms with Crippen molar-refractivity contribution in [3.05, 3.63) is 55.2 Å². The number of carbonyl (C=O) groups excluding carboxylic acids is 2. The minimum absolute atomic E-state index is 0.0542. The first kappa shape index (κ1) is 18.2. The van der Waals surface area contributed by atoms with Gasteiger partial charge in [0.05, 0.1) is 9.85 Å². The van der Waals surface area contributed by atoms with Crippen molar-refractivity contribution < 1.29 is 24.2 Å². The third-order valence-electron chi connectivity index (χ3n) is 2.63. The number of benzene rings is 1. The molecule has 25 heavy (non-hydrogen) atoms. The summed E-state index contributed by atoms with van der Waals surface area (Å²) >= 11 is 6.31. The van der Waals surface area contributed by atoms with Crippen LogP contribution in [0.15, 0.2) is 24.4 Å². The van der Waals surface area contributed by atoms with Gasteiger partial charge >= 0.3 is 11.0 Å². The van der Waals surface area contributed by atoms with Crippen LogP contribution in [0, 0.1) is 20.2 Å². The van der Waals surface area contributed by atoms with Crippen molar-refractivity contribution >= 4 is 50.6 Å². The Morgan fingerprint density at radius 1 is 1.28 bits per heavy atom. The van der Waals surface area contributed by atoms with Crippen molar-refractivity contribution in [2.24, 2.45) is 0 Å². The van der Waals surface area contributed by atoms with Crippen molar-refractivity contribution in [1.82, 2.24) is 4.98 Å². The minimum Gasteiger partial charge on any atom is -0.452 e. The molecule has 0 saturated carbocycles. The van der Waals surface area contributed by atoms with E-state index in [4.69, 9.17) is 16.3 Å². The zero-order valence-corrected chi connectivity index (χ0v) is 13.6. The van der Waals surface area contributed by atoms with Gasteiger partial charge in [-0.25, -0.2) is 9.78 Å². The lowest BCUT2D eigenvalue weighted by Crippen LogP contribution is -2.21. The number of hydrogen-bond acceptors (Lipinski definition) is 9. The predicted octanol–water partition coefficient (Wildman–Crippen LogP) is 2.41. The molecule has 2 aromatic rings.